The molecule has 0 fully saturated rings. The van der Waals surface area contributed by atoms with Crippen LogP contribution in [-0.4, -0.2) is 27.6 Å². The summed E-state index contributed by atoms with van der Waals surface area (Å²) in [6.45, 7) is 1.96. The number of carboxylic acid groups (broad SMARTS) is 1. The Balaban J connectivity index is 0.000000163. The summed E-state index contributed by atoms with van der Waals surface area (Å²) in [6, 6.07) is 72.8. The van der Waals surface area contributed by atoms with E-state index in [1.165, 1.54) is 5.56 Å². The summed E-state index contributed by atoms with van der Waals surface area (Å²) < 4.78 is 12.8. The standard InChI is InChI=1S/C29H22N2O3.C28H21NO/c32-26(33)19-30-23-15-9-14-22(18-23)24-16-7-8-17-25(24)29-31-27(20-10-3-1-4-11-20)28(34-29)21-12-5-2-6-13-21;1-20-11-10-16-23(19-20)24-17-8-9-18-25(24)28-29-26(21-12-4-2-5-13-21)27(30-28)22-14-6-3-7-15-22/h1-18,30H,19H2,(H,32,33);2-19H,1H3. The number of hydrogen-bond donors (Lipinski definition) is 2. The molecule has 0 aliphatic rings. The fraction of sp³-hybridized carbons (Fsp3) is 0.0351. The molecule has 0 amide bonds. The molecular formula is C57H43N3O4. The van der Waals surface area contributed by atoms with E-state index in [4.69, 9.17) is 23.9 Å². The predicted molar refractivity (Wildman–Crippen MR) is 257 cm³/mol. The minimum Gasteiger partial charge on any atom is -0.480 e. The highest BCUT2D eigenvalue weighted by Gasteiger charge is 2.22. The molecule has 10 aromatic rings. The lowest BCUT2D eigenvalue weighted by atomic mass is 9.98. The molecule has 0 saturated carbocycles. The van der Waals surface area contributed by atoms with Crippen LogP contribution in [0.1, 0.15) is 5.56 Å². The van der Waals surface area contributed by atoms with Crippen LogP contribution in [0.4, 0.5) is 5.69 Å². The third-order valence-corrected chi connectivity index (χ3v) is 10.7. The van der Waals surface area contributed by atoms with Gasteiger partial charge in [0.1, 0.15) is 17.9 Å². The van der Waals surface area contributed by atoms with Gasteiger partial charge in [-0.1, -0.05) is 200 Å². The summed E-state index contributed by atoms with van der Waals surface area (Å²) >= 11 is 0. The summed E-state index contributed by atoms with van der Waals surface area (Å²) in [5.41, 5.74) is 13.6. The average Bonchev–Trinajstić information content (AvgIpc) is 4.02. The van der Waals surface area contributed by atoms with Gasteiger partial charge in [-0.15, -0.1) is 0 Å². The molecule has 0 unspecified atom stereocenters. The molecule has 7 heteroatoms. The van der Waals surface area contributed by atoms with E-state index in [0.29, 0.717) is 17.5 Å². The zero-order valence-corrected chi connectivity index (χ0v) is 35.1. The van der Waals surface area contributed by atoms with Crippen LogP contribution in [0.15, 0.2) is 227 Å². The van der Waals surface area contributed by atoms with E-state index in [1.54, 1.807) is 0 Å². The van der Waals surface area contributed by atoms with Gasteiger partial charge in [0.05, 0.1) is 0 Å². The molecular weight excluding hydrogens is 791 g/mol. The Bertz CT molecular complexity index is 3030. The van der Waals surface area contributed by atoms with Crippen molar-refractivity contribution in [2.24, 2.45) is 0 Å². The number of carboxylic acids is 1. The molecule has 0 aliphatic heterocycles. The van der Waals surface area contributed by atoms with Crippen LogP contribution in [0, 0.1) is 6.92 Å². The van der Waals surface area contributed by atoms with Crippen LogP contribution >= 0.6 is 0 Å². The van der Waals surface area contributed by atoms with Gasteiger partial charge >= 0.3 is 5.97 Å². The normalized spacial score (nSPS) is 10.8. The molecule has 10 rings (SSSR count). The van der Waals surface area contributed by atoms with Gasteiger partial charge in [-0.25, -0.2) is 9.97 Å². The van der Waals surface area contributed by atoms with Gasteiger partial charge < -0.3 is 19.3 Å². The second kappa shape index (κ2) is 19.0. The summed E-state index contributed by atoms with van der Waals surface area (Å²) in [5.74, 6) is 1.75. The number of hydrogen-bond acceptors (Lipinski definition) is 6. The highest BCUT2D eigenvalue weighted by Crippen LogP contribution is 2.41. The van der Waals surface area contributed by atoms with Gasteiger partial charge in [0, 0.05) is 39.1 Å². The number of carbonyl (C=O) groups is 1. The molecule has 0 radical (unpaired) electrons. The highest BCUT2D eigenvalue weighted by atomic mass is 16.4. The van der Waals surface area contributed by atoms with Gasteiger partial charge in [0.2, 0.25) is 11.8 Å². The van der Waals surface area contributed by atoms with Crippen molar-refractivity contribution in [3.63, 3.8) is 0 Å². The van der Waals surface area contributed by atoms with E-state index in [-0.39, 0.29) is 6.54 Å². The van der Waals surface area contributed by atoms with Crippen LogP contribution < -0.4 is 5.32 Å². The van der Waals surface area contributed by atoms with Crippen LogP contribution in [-0.2, 0) is 4.79 Å². The molecule has 0 aliphatic carbocycles. The summed E-state index contributed by atoms with van der Waals surface area (Å²) in [7, 11) is 0. The van der Waals surface area contributed by atoms with Crippen molar-refractivity contribution in [2.45, 2.75) is 6.92 Å². The summed E-state index contributed by atoms with van der Waals surface area (Å²) in [6.07, 6.45) is 0. The van der Waals surface area contributed by atoms with E-state index in [1.807, 2.05) is 152 Å². The predicted octanol–water partition coefficient (Wildman–Crippen LogP) is 14.5. The van der Waals surface area contributed by atoms with E-state index in [0.717, 1.165) is 78.5 Å². The first kappa shape index (κ1) is 40.8. The van der Waals surface area contributed by atoms with Crippen molar-refractivity contribution < 1.29 is 18.7 Å². The zero-order valence-electron chi connectivity index (χ0n) is 35.1. The minimum absolute atomic E-state index is 0.147. The summed E-state index contributed by atoms with van der Waals surface area (Å²) in [4.78, 5) is 20.9. The first-order chi connectivity index (χ1) is 31.5. The second-order valence-corrected chi connectivity index (χ2v) is 15.1. The lowest BCUT2D eigenvalue weighted by Crippen LogP contribution is -2.12. The molecule has 310 valence electrons. The Morgan fingerprint density at radius 3 is 1.25 bits per heavy atom. The van der Waals surface area contributed by atoms with Gasteiger partial charge in [0.25, 0.3) is 0 Å². The van der Waals surface area contributed by atoms with Crippen LogP contribution in [0.2, 0.25) is 0 Å². The topological polar surface area (TPSA) is 101 Å². The van der Waals surface area contributed by atoms with Gasteiger partial charge in [-0.2, -0.15) is 0 Å². The fourth-order valence-corrected chi connectivity index (χ4v) is 7.65. The number of aliphatic carboxylic acids is 1. The Kier molecular flexibility index (Phi) is 12.1. The number of anilines is 1. The molecule has 2 aromatic heterocycles. The highest BCUT2D eigenvalue weighted by molar-refractivity contribution is 5.86. The molecule has 64 heavy (non-hydrogen) atoms. The number of aryl methyl sites for hydroxylation is 1. The zero-order chi connectivity index (χ0) is 43.7. The Hall–Kier alpha value is -8.55. The Morgan fingerprint density at radius 2 is 0.812 bits per heavy atom. The third-order valence-electron chi connectivity index (χ3n) is 10.7. The van der Waals surface area contributed by atoms with Crippen molar-refractivity contribution >= 4 is 11.7 Å². The van der Waals surface area contributed by atoms with Crippen LogP contribution in [0.25, 0.3) is 90.3 Å². The number of oxazole rings is 2. The van der Waals surface area contributed by atoms with Gasteiger partial charge in [-0.3, -0.25) is 4.79 Å². The number of aromatic nitrogens is 2. The van der Waals surface area contributed by atoms with Gasteiger partial charge in [-0.05, 0) is 53.4 Å². The number of rotatable bonds is 11. The van der Waals surface area contributed by atoms with Crippen molar-refractivity contribution in [1.82, 2.24) is 9.97 Å². The SMILES string of the molecule is Cc1cccc(-c2ccccc2-c2nc(-c3ccccc3)c(-c3ccccc3)o2)c1.O=C(O)CNc1cccc(-c2ccccc2-c2nc(-c3ccccc3)c(-c3ccccc3)o2)c1. The lowest BCUT2D eigenvalue weighted by Gasteiger charge is -2.10. The first-order valence-corrected chi connectivity index (χ1v) is 21.0. The third kappa shape index (κ3) is 9.20. The lowest BCUT2D eigenvalue weighted by molar-refractivity contribution is -0.134. The fourth-order valence-electron chi connectivity index (χ4n) is 7.65. The number of benzene rings is 8. The van der Waals surface area contributed by atoms with E-state index >= 15 is 0 Å². The maximum atomic E-state index is 11.0. The monoisotopic (exact) mass is 833 g/mol. The van der Waals surface area contributed by atoms with Gasteiger partial charge in [0.15, 0.2) is 11.5 Å². The molecule has 8 aromatic carbocycles. The second-order valence-electron chi connectivity index (χ2n) is 15.1. The van der Waals surface area contributed by atoms with Crippen molar-refractivity contribution in [1.29, 1.82) is 0 Å². The smallest absolute Gasteiger partial charge is 0.322 e. The molecule has 7 nitrogen and oxygen atoms in total. The number of nitrogens with zero attached hydrogens (tertiary/aromatic N) is 2. The molecule has 0 atom stereocenters. The molecule has 2 heterocycles. The van der Waals surface area contributed by atoms with Crippen molar-refractivity contribution in [2.75, 3.05) is 11.9 Å². The first-order valence-electron chi connectivity index (χ1n) is 21.0. The Labute approximate surface area is 372 Å². The van der Waals surface area contributed by atoms with E-state index in [9.17, 15) is 4.79 Å². The van der Waals surface area contributed by atoms with Crippen LogP contribution in [0.5, 0.6) is 0 Å². The van der Waals surface area contributed by atoms with E-state index < -0.39 is 5.97 Å². The maximum Gasteiger partial charge on any atom is 0.322 e. The molecule has 0 bridgehead atoms. The summed E-state index contributed by atoms with van der Waals surface area (Å²) in [5, 5.41) is 11.9. The molecule has 2 N–H and O–H groups in total. The van der Waals surface area contributed by atoms with Crippen LogP contribution in [0.3, 0.4) is 0 Å². The van der Waals surface area contributed by atoms with Crippen molar-refractivity contribution in [3.8, 4) is 90.3 Å². The molecule has 0 spiro atoms. The Morgan fingerprint density at radius 1 is 0.438 bits per heavy atom. The largest absolute Gasteiger partial charge is 0.480 e. The van der Waals surface area contributed by atoms with E-state index in [2.05, 4.69) is 79.0 Å². The average molecular weight is 834 g/mol. The molecule has 0 saturated heterocycles. The number of nitrogens with one attached hydrogen (secondary N) is 1. The van der Waals surface area contributed by atoms with Crippen molar-refractivity contribution in [3.05, 3.63) is 224 Å². The maximum absolute atomic E-state index is 11.0. The quantitative estimate of drug-likeness (QED) is 0.134. The minimum atomic E-state index is -0.910.